The van der Waals surface area contributed by atoms with Crippen LogP contribution in [0.15, 0.2) is 0 Å². The van der Waals surface area contributed by atoms with Crippen molar-refractivity contribution in [2.75, 3.05) is 27.7 Å². The van der Waals surface area contributed by atoms with Crippen LogP contribution in [0.1, 0.15) is 81.6 Å². The second-order valence-corrected chi connectivity index (χ2v) is 11.0. The molecule has 2 heterocycles. The third-order valence-corrected chi connectivity index (χ3v) is 7.21. The molecule has 0 N–H and O–H groups in total. The first-order chi connectivity index (χ1) is 11.5. The summed E-state index contributed by atoms with van der Waals surface area (Å²) < 4.78 is 0. The monoisotopic (exact) mass is 367 g/mol. The predicted octanol–water partition coefficient (Wildman–Crippen LogP) is 4.24. The van der Waals surface area contributed by atoms with Gasteiger partial charge in [-0.15, -0.1) is 0 Å². The van der Waals surface area contributed by atoms with Gasteiger partial charge in [-0.25, -0.2) is 0 Å². The van der Waals surface area contributed by atoms with Crippen LogP contribution in [0.25, 0.3) is 0 Å². The molecule has 0 aliphatic carbocycles. The van der Waals surface area contributed by atoms with Crippen molar-refractivity contribution >= 4 is 5.91 Å². The molecule has 2 saturated heterocycles. The van der Waals surface area contributed by atoms with Crippen molar-refractivity contribution in [1.29, 1.82) is 0 Å². The van der Waals surface area contributed by atoms with E-state index in [4.69, 9.17) is 0 Å². The average Bonchev–Trinajstić information content (AvgIpc) is 2.49. The van der Waals surface area contributed by atoms with E-state index in [9.17, 15) is 4.79 Å². The van der Waals surface area contributed by atoms with Crippen molar-refractivity contribution in [1.82, 2.24) is 14.7 Å². The van der Waals surface area contributed by atoms with Crippen molar-refractivity contribution in [3.05, 3.63) is 0 Å². The summed E-state index contributed by atoms with van der Waals surface area (Å²) in [6.45, 7) is 20.9. The number of likely N-dealkylation sites (N-methyl/N-ethyl adjacent to an activating group) is 2. The molecule has 2 aliphatic heterocycles. The highest BCUT2D eigenvalue weighted by atomic mass is 16.2. The Morgan fingerprint density at radius 3 is 1.62 bits per heavy atom. The van der Waals surface area contributed by atoms with Gasteiger partial charge in [-0.1, -0.05) is 13.3 Å². The average molecular weight is 368 g/mol. The molecule has 0 aromatic carbocycles. The summed E-state index contributed by atoms with van der Waals surface area (Å²) in [5.41, 5.74) is 0.438. The first-order valence-electron chi connectivity index (χ1n) is 10.2. The maximum absolute atomic E-state index is 11.8. The van der Waals surface area contributed by atoms with Gasteiger partial charge in [0.2, 0.25) is 5.91 Å². The summed E-state index contributed by atoms with van der Waals surface area (Å²) in [6.07, 6.45) is 4.04. The quantitative estimate of drug-likeness (QED) is 0.693. The SMILES string of the molecule is CCC1CC(C)(C)N(C)C(C)(C)C1.CN1CC(C)(C)N(C)C(C)(C)C1=O. The highest BCUT2D eigenvalue weighted by Crippen LogP contribution is 2.41. The Kier molecular flexibility index (Phi) is 6.69. The summed E-state index contributed by atoms with van der Waals surface area (Å²) in [4.78, 5) is 18.4. The predicted molar refractivity (Wildman–Crippen MR) is 112 cm³/mol. The van der Waals surface area contributed by atoms with Crippen molar-refractivity contribution in [2.45, 2.75) is 104 Å². The molecule has 4 nitrogen and oxygen atoms in total. The van der Waals surface area contributed by atoms with Crippen molar-refractivity contribution in [3.8, 4) is 0 Å². The molecule has 0 bridgehead atoms. The first-order valence-corrected chi connectivity index (χ1v) is 10.2. The van der Waals surface area contributed by atoms with Crippen LogP contribution in [-0.2, 0) is 4.79 Å². The van der Waals surface area contributed by atoms with Gasteiger partial charge >= 0.3 is 0 Å². The number of hydrogen-bond donors (Lipinski definition) is 0. The molecule has 26 heavy (non-hydrogen) atoms. The molecule has 0 aromatic rings. The van der Waals surface area contributed by atoms with Gasteiger partial charge in [0.05, 0.1) is 5.54 Å². The molecule has 0 radical (unpaired) electrons. The Morgan fingerprint density at radius 1 is 0.808 bits per heavy atom. The zero-order chi connectivity index (χ0) is 20.7. The molecule has 154 valence electrons. The molecule has 0 unspecified atom stereocenters. The summed E-state index contributed by atoms with van der Waals surface area (Å²) >= 11 is 0. The number of hydrogen-bond acceptors (Lipinski definition) is 3. The van der Waals surface area contributed by atoms with E-state index in [1.54, 1.807) is 0 Å². The van der Waals surface area contributed by atoms with Crippen molar-refractivity contribution < 1.29 is 4.79 Å². The second-order valence-electron chi connectivity index (χ2n) is 11.0. The van der Waals surface area contributed by atoms with Crippen LogP contribution in [0.5, 0.6) is 0 Å². The van der Waals surface area contributed by atoms with E-state index >= 15 is 0 Å². The van der Waals surface area contributed by atoms with Crippen LogP contribution in [0.4, 0.5) is 0 Å². The molecule has 0 atom stereocenters. The Morgan fingerprint density at radius 2 is 1.23 bits per heavy atom. The maximum Gasteiger partial charge on any atom is 0.242 e. The fraction of sp³-hybridized carbons (Fsp3) is 0.955. The number of piperazine rings is 1. The lowest BCUT2D eigenvalue weighted by Gasteiger charge is -2.53. The maximum atomic E-state index is 11.8. The van der Waals surface area contributed by atoms with Gasteiger partial charge in [0.25, 0.3) is 0 Å². The zero-order valence-electron chi connectivity index (χ0n) is 19.7. The van der Waals surface area contributed by atoms with E-state index in [1.165, 1.54) is 19.3 Å². The fourth-order valence-corrected chi connectivity index (χ4v) is 4.99. The number of piperidine rings is 1. The lowest BCUT2D eigenvalue weighted by molar-refractivity contribution is -0.155. The van der Waals surface area contributed by atoms with Crippen LogP contribution in [0, 0.1) is 5.92 Å². The number of carbonyl (C=O) groups excluding carboxylic acids is 1. The van der Waals surface area contributed by atoms with Crippen LogP contribution in [0.3, 0.4) is 0 Å². The van der Waals surface area contributed by atoms with Gasteiger partial charge in [0.1, 0.15) is 0 Å². The molecule has 1 amide bonds. The summed E-state index contributed by atoms with van der Waals surface area (Å²) in [6, 6.07) is 0. The summed E-state index contributed by atoms with van der Waals surface area (Å²) in [7, 11) is 6.16. The van der Waals surface area contributed by atoms with Crippen LogP contribution >= 0.6 is 0 Å². The van der Waals surface area contributed by atoms with Gasteiger partial charge in [-0.05, 0) is 88.2 Å². The largest absolute Gasteiger partial charge is 0.342 e. The molecule has 0 spiro atoms. The highest BCUT2D eigenvalue weighted by Gasteiger charge is 2.47. The van der Waals surface area contributed by atoms with Crippen LogP contribution in [-0.4, -0.2) is 70.5 Å². The Labute approximate surface area is 163 Å². The molecule has 4 heteroatoms. The normalized spacial score (nSPS) is 28.5. The van der Waals surface area contributed by atoms with Gasteiger partial charge in [-0.3, -0.25) is 14.6 Å². The molecular formula is C22H45N3O. The minimum atomic E-state index is -0.378. The Bertz CT molecular complexity index is 490. The first kappa shape index (κ1) is 23.4. The number of rotatable bonds is 1. The van der Waals surface area contributed by atoms with Crippen LogP contribution < -0.4 is 0 Å². The standard InChI is InChI=1S/C12H25N.C10H20N2O/c1-7-10-8-11(2,3)13(6)12(4,5)9-10;1-9(2)7-11(5)8(13)10(3,4)12(9)6/h10H,7-9H2,1-6H3;7H2,1-6H3. The van der Waals surface area contributed by atoms with Gasteiger partial charge in [0, 0.05) is 30.2 Å². The smallest absolute Gasteiger partial charge is 0.242 e. The van der Waals surface area contributed by atoms with Gasteiger partial charge < -0.3 is 4.90 Å². The minimum absolute atomic E-state index is 0.0617. The van der Waals surface area contributed by atoms with E-state index in [2.05, 4.69) is 65.3 Å². The van der Waals surface area contributed by atoms with Crippen molar-refractivity contribution in [2.24, 2.45) is 5.92 Å². The molecule has 2 rings (SSSR count). The van der Waals surface area contributed by atoms with E-state index in [0.29, 0.717) is 11.1 Å². The molecule has 2 aliphatic rings. The molecule has 0 aromatic heterocycles. The Balaban J connectivity index is 0.000000260. The van der Waals surface area contributed by atoms with Gasteiger partial charge in [0.15, 0.2) is 0 Å². The van der Waals surface area contributed by atoms with E-state index in [-0.39, 0.29) is 17.0 Å². The Hall–Kier alpha value is -0.610. The number of likely N-dealkylation sites (tertiary alicyclic amines) is 1. The highest BCUT2D eigenvalue weighted by molar-refractivity contribution is 5.86. The second kappa shape index (κ2) is 7.43. The summed E-state index contributed by atoms with van der Waals surface area (Å²) in [5.74, 6) is 1.12. The third-order valence-electron chi connectivity index (χ3n) is 7.21. The molecule has 2 fully saturated rings. The van der Waals surface area contributed by atoms with Crippen molar-refractivity contribution in [3.63, 3.8) is 0 Å². The summed E-state index contributed by atoms with van der Waals surface area (Å²) in [5, 5.41) is 0. The third kappa shape index (κ3) is 4.62. The molecular weight excluding hydrogens is 322 g/mol. The number of carbonyl (C=O) groups is 1. The van der Waals surface area contributed by atoms with E-state index in [0.717, 1.165) is 12.5 Å². The number of amides is 1. The lowest BCUT2D eigenvalue weighted by atomic mass is 9.73. The minimum Gasteiger partial charge on any atom is -0.342 e. The van der Waals surface area contributed by atoms with Gasteiger partial charge in [-0.2, -0.15) is 0 Å². The molecule has 0 saturated carbocycles. The number of nitrogens with zero attached hydrogens (tertiary/aromatic N) is 3. The van der Waals surface area contributed by atoms with E-state index < -0.39 is 0 Å². The lowest BCUT2D eigenvalue weighted by Crippen LogP contribution is -2.69. The topological polar surface area (TPSA) is 26.8 Å². The zero-order valence-corrected chi connectivity index (χ0v) is 19.7. The van der Waals surface area contributed by atoms with E-state index in [1.807, 2.05) is 32.8 Å². The fourth-order valence-electron chi connectivity index (χ4n) is 4.99. The van der Waals surface area contributed by atoms with Crippen LogP contribution in [0.2, 0.25) is 0 Å².